The van der Waals surface area contributed by atoms with Crippen LogP contribution in [0.3, 0.4) is 0 Å². The van der Waals surface area contributed by atoms with Crippen LogP contribution in [0.5, 0.6) is 0 Å². The van der Waals surface area contributed by atoms with Gasteiger partial charge in [-0.05, 0) is 13.3 Å². The van der Waals surface area contributed by atoms with Crippen LogP contribution in [0, 0.1) is 0 Å². The third-order valence-electron chi connectivity index (χ3n) is 4.16. The lowest BCUT2D eigenvalue weighted by Crippen LogP contribution is -2.57. The van der Waals surface area contributed by atoms with Gasteiger partial charge < -0.3 is 36.9 Å². The summed E-state index contributed by atoms with van der Waals surface area (Å²) in [6.45, 7) is 1.32. The highest BCUT2D eigenvalue weighted by molar-refractivity contribution is 7.80. The Bertz CT molecular complexity index is 788. The third kappa shape index (κ3) is 9.04. The number of hydrogen-bond acceptors (Lipinski definition) is 8. The van der Waals surface area contributed by atoms with Gasteiger partial charge in [-0.15, -0.1) is 0 Å². The highest BCUT2D eigenvalue weighted by Crippen LogP contribution is 2.02. The maximum absolute atomic E-state index is 12.7. The minimum atomic E-state index is -1.43. The molecule has 0 fully saturated rings. The molecule has 4 atom stereocenters. The second kappa shape index (κ2) is 12.5. The van der Waals surface area contributed by atoms with Gasteiger partial charge in [0.15, 0.2) is 0 Å². The number of thiol groups is 1. The van der Waals surface area contributed by atoms with Gasteiger partial charge in [0.2, 0.25) is 17.7 Å². The molecule has 0 bridgehead atoms. The molecule has 13 nitrogen and oxygen atoms in total. The molecular weight excluding hydrogens is 432 g/mol. The molecule has 1 heterocycles. The first-order valence-electron chi connectivity index (χ1n) is 9.24. The lowest BCUT2D eigenvalue weighted by atomic mass is 10.1. The Kier molecular flexibility index (Phi) is 10.5. The van der Waals surface area contributed by atoms with Gasteiger partial charge in [0.1, 0.15) is 18.1 Å². The number of rotatable bonds is 13. The summed E-state index contributed by atoms with van der Waals surface area (Å²) >= 11 is 3.94. The Morgan fingerprint density at radius 2 is 1.74 bits per heavy atom. The summed E-state index contributed by atoms with van der Waals surface area (Å²) < 4.78 is 0. The molecule has 3 amide bonds. The highest BCUT2D eigenvalue weighted by atomic mass is 32.1. The monoisotopic (exact) mass is 458 g/mol. The van der Waals surface area contributed by atoms with Gasteiger partial charge in [-0.1, -0.05) is 0 Å². The van der Waals surface area contributed by atoms with E-state index in [0.29, 0.717) is 5.69 Å². The predicted molar refractivity (Wildman–Crippen MR) is 110 cm³/mol. The smallest absolute Gasteiger partial charge is 0.326 e. The van der Waals surface area contributed by atoms with E-state index >= 15 is 0 Å². The number of amides is 3. The number of aliphatic carboxylic acids is 2. The second-order valence-electron chi connectivity index (χ2n) is 6.69. The molecule has 0 radical (unpaired) electrons. The summed E-state index contributed by atoms with van der Waals surface area (Å²) in [7, 11) is 0. The number of H-pyrrole nitrogens is 1. The van der Waals surface area contributed by atoms with Gasteiger partial charge in [-0.2, -0.15) is 12.6 Å². The van der Waals surface area contributed by atoms with Crippen molar-refractivity contribution in [1.29, 1.82) is 0 Å². The van der Waals surface area contributed by atoms with Crippen LogP contribution in [0.25, 0.3) is 0 Å². The fourth-order valence-corrected chi connectivity index (χ4v) is 2.55. The number of nitrogens with zero attached hydrogens (tertiary/aromatic N) is 1. The number of nitrogens with two attached hydrogens (primary N) is 1. The van der Waals surface area contributed by atoms with E-state index in [1.165, 1.54) is 19.4 Å². The van der Waals surface area contributed by atoms with Crippen LogP contribution in [0.2, 0.25) is 0 Å². The Hall–Kier alpha value is -3.13. The van der Waals surface area contributed by atoms with Crippen molar-refractivity contribution in [3.8, 4) is 0 Å². The summed E-state index contributed by atoms with van der Waals surface area (Å²) in [6.07, 6.45) is 2.10. The van der Waals surface area contributed by atoms with E-state index in [-0.39, 0.29) is 18.6 Å². The van der Waals surface area contributed by atoms with Gasteiger partial charge in [0.25, 0.3) is 0 Å². The molecule has 4 unspecified atom stereocenters. The molecule has 1 aromatic heterocycles. The lowest BCUT2D eigenvalue weighted by Gasteiger charge is -2.23. The number of carboxylic acids is 2. The number of aromatic nitrogens is 2. The maximum atomic E-state index is 12.7. The molecule has 14 heteroatoms. The summed E-state index contributed by atoms with van der Waals surface area (Å²) in [5.41, 5.74) is 6.16. The molecule has 0 aromatic carbocycles. The minimum absolute atomic E-state index is 0.0293. The third-order valence-corrected chi connectivity index (χ3v) is 4.55. The zero-order valence-corrected chi connectivity index (χ0v) is 17.6. The summed E-state index contributed by atoms with van der Waals surface area (Å²) in [5.74, 6) is -4.72. The first-order chi connectivity index (χ1) is 14.5. The average Bonchev–Trinajstić information content (AvgIpc) is 3.22. The van der Waals surface area contributed by atoms with E-state index in [1.54, 1.807) is 0 Å². The van der Waals surface area contributed by atoms with Crippen LogP contribution in [-0.2, 0) is 30.4 Å². The largest absolute Gasteiger partial charge is 0.481 e. The Morgan fingerprint density at radius 3 is 2.26 bits per heavy atom. The number of hydrogen-bond donors (Lipinski definition) is 8. The van der Waals surface area contributed by atoms with Crippen LogP contribution in [-0.4, -0.2) is 79.8 Å². The molecule has 0 aliphatic rings. The fraction of sp³-hybridized carbons (Fsp3) is 0.529. The molecule has 1 aromatic rings. The molecule has 0 saturated heterocycles. The van der Waals surface area contributed by atoms with Crippen molar-refractivity contribution in [2.75, 3.05) is 5.75 Å². The van der Waals surface area contributed by atoms with Crippen LogP contribution in [0.1, 0.15) is 25.5 Å². The van der Waals surface area contributed by atoms with Crippen molar-refractivity contribution < 1.29 is 34.2 Å². The number of carboxylic acid groups (broad SMARTS) is 2. The molecule has 0 aliphatic carbocycles. The molecule has 0 spiro atoms. The first kappa shape index (κ1) is 25.9. The zero-order valence-electron chi connectivity index (χ0n) is 16.7. The van der Waals surface area contributed by atoms with Gasteiger partial charge in [-0.25, -0.2) is 9.78 Å². The van der Waals surface area contributed by atoms with Crippen LogP contribution < -0.4 is 21.7 Å². The van der Waals surface area contributed by atoms with Gasteiger partial charge in [0.05, 0.1) is 12.4 Å². The van der Waals surface area contributed by atoms with E-state index < -0.39 is 60.2 Å². The normalized spacial score (nSPS) is 14.5. The lowest BCUT2D eigenvalue weighted by molar-refractivity contribution is -0.143. The second-order valence-corrected chi connectivity index (χ2v) is 7.06. The molecule has 31 heavy (non-hydrogen) atoms. The SMILES string of the molecule is CC(NC(=O)C(Cc1cnc[nH]1)NC(=O)C(N)CS)C(=O)NC(CCC(=O)O)C(=O)O. The fourth-order valence-electron chi connectivity index (χ4n) is 2.39. The standard InChI is InChI=1S/C17H26N6O7S/c1-8(14(26)22-11(17(29)30)2-3-13(24)25)21-16(28)12(4-9-5-19-7-20-9)23-15(27)10(18)6-31/h5,7-8,10-12,31H,2-4,6,18H2,1H3,(H,19,20)(H,21,28)(H,22,26)(H,23,27)(H,24,25)(H,29,30). The number of aromatic amines is 1. The van der Waals surface area contributed by atoms with E-state index in [2.05, 4.69) is 38.5 Å². The minimum Gasteiger partial charge on any atom is -0.481 e. The number of nitrogens with one attached hydrogen (secondary N) is 4. The average molecular weight is 458 g/mol. The first-order valence-corrected chi connectivity index (χ1v) is 9.87. The zero-order chi connectivity index (χ0) is 23.6. The Morgan fingerprint density at radius 1 is 1.10 bits per heavy atom. The van der Waals surface area contributed by atoms with Crippen molar-refractivity contribution in [3.05, 3.63) is 18.2 Å². The van der Waals surface area contributed by atoms with Gasteiger partial charge in [0, 0.05) is 30.5 Å². The molecule has 8 N–H and O–H groups in total. The van der Waals surface area contributed by atoms with Crippen molar-refractivity contribution in [1.82, 2.24) is 25.9 Å². The highest BCUT2D eigenvalue weighted by Gasteiger charge is 2.28. The maximum Gasteiger partial charge on any atom is 0.326 e. The van der Waals surface area contributed by atoms with E-state index in [0.717, 1.165) is 0 Å². The summed E-state index contributed by atoms with van der Waals surface area (Å²) in [4.78, 5) is 65.5. The quantitative estimate of drug-likeness (QED) is 0.148. The van der Waals surface area contributed by atoms with Crippen molar-refractivity contribution in [3.63, 3.8) is 0 Å². The van der Waals surface area contributed by atoms with Gasteiger partial charge >= 0.3 is 11.9 Å². The molecule has 0 saturated carbocycles. The molecule has 172 valence electrons. The van der Waals surface area contributed by atoms with Crippen LogP contribution in [0.15, 0.2) is 12.5 Å². The topological polar surface area (TPSA) is 217 Å². The molecular formula is C17H26N6O7S. The number of imidazole rings is 1. The van der Waals surface area contributed by atoms with Crippen molar-refractivity contribution in [2.45, 2.75) is 50.4 Å². The van der Waals surface area contributed by atoms with Crippen LogP contribution >= 0.6 is 12.6 Å². The predicted octanol–water partition coefficient (Wildman–Crippen LogP) is -2.37. The number of carbonyl (C=O) groups excluding carboxylic acids is 3. The van der Waals surface area contributed by atoms with Gasteiger partial charge in [-0.3, -0.25) is 19.2 Å². The van der Waals surface area contributed by atoms with Crippen molar-refractivity contribution in [2.24, 2.45) is 5.73 Å². The van der Waals surface area contributed by atoms with E-state index in [9.17, 15) is 24.0 Å². The van der Waals surface area contributed by atoms with Crippen LogP contribution in [0.4, 0.5) is 0 Å². The van der Waals surface area contributed by atoms with E-state index in [4.69, 9.17) is 15.9 Å². The molecule has 1 rings (SSSR count). The van der Waals surface area contributed by atoms with Crippen molar-refractivity contribution >= 4 is 42.3 Å². The van der Waals surface area contributed by atoms with E-state index in [1.807, 2.05) is 0 Å². The number of carbonyl (C=O) groups is 5. The molecule has 0 aliphatic heterocycles. The Balaban J connectivity index is 2.79. The summed E-state index contributed by atoms with van der Waals surface area (Å²) in [6, 6.07) is -4.65. The Labute approximate surface area is 183 Å². The summed E-state index contributed by atoms with van der Waals surface area (Å²) in [5, 5.41) is 24.9.